The van der Waals surface area contributed by atoms with Crippen molar-refractivity contribution in [3.63, 3.8) is 0 Å². The molecule has 3 amide bonds. The van der Waals surface area contributed by atoms with Gasteiger partial charge in [-0.05, 0) is 12.1 Å². The van der Waals surface area contributed by atoms with E-state index in [2.05, 4.69) is 5.32 Å². The molecule has 0 aliphatic rings. The van der Waals surface area contributed by atoms with Gasteiger partial charge in [0.1, 0.15) is 0 Å². The van der Waals surface area contributed by atoms with Crippen molar-refractivity contribution >= 4 is 23.6 Å². The predicted molar refractivity (Wildman–Crippen MR) is 67.0 cm³/mol. The molecule has 7 nitrogen and oxygen atoms in total. The van der Waals surface area contributed by atoms with Crippen LogP contribution < -0.4 is 15.4 Å². The van der Waals surface area contributed by atoms with E-state index in [0.717, 1.165) is 6.07 Å². The van der Waals surface area contributed by atoms with Crippen LogP contribution in [0.2, 0.25) is 0 Å². The average molecular weight is 284 g/mol. The van der Waals surface area contributed by atoms with Gasteiger partial charge >= 0.3 is 12.0 Å². The molecule has 8 heteroatoms. The smallest absolute Gasteiger partial charge is 0.325 e. The fourth-order valence-electron chi connectivity index (χ4n) is 1.31. The summed E-state index contributed by atoms with van der Waals surface area (Å²) >= 11 is 0. The highest BCUT2D eigenvalue weighted by atomic mass is 19.1. The molecule has 3 N–H and O–H groups in total. The number of halogens is 1. The first-order valence-corrected chi connectivity index (χ1v) is 5.58. The lowest BCUT2D eigenvalue weighted by atomic mass is 10.3. The maximum atomic E-state index is 13.1. The maximum Gasteiger partial charge on any atom is 0.325 e. The van der Waals surface area contributed by atoms with Crippen LogP contribution in [0.15, 0.2) is 18.2 Å². The summed E-state index contributed by atoms with van der Waals surface area (Å²) in [6.45, 7) is 0. The van der Waals surface area contributed by atoms with E-state index < -0.39 is 23.7 Å². The summed E-state index contributed by atoms with van der Waals surface area (Å²) in [6, 6.07) is 2.80. The van der Waals surface area contributed by atoms with Gasteiger partial charge in [0.2, 0.25) is 5.91 Å². The Kier molecular flexibility index (Phi) is 5.45. The topological polar surface area (TPSA) is 105 Å². The number of ether oxygens (including phenoxy) is 1. The first kappa shape index (κ1) is 15.4. The van der Waals surface area contributed by atoms with Crippen molar-refractivity contribution in [2.45, 2.75) is 12.8 Å². The molecule has 0 radical (unpaired) electrons. The molecule has 0 spiro atoms. The highest BCUT2D eigenvalue weighted by molar-refractivity contribution is 6.01. The van der Waals surface area contributed by atoms with Gasteiger partial charge in [-0.2, -0.15) is 0 Å². The van der Waals surface area contributed by atoms with E-state index in [1.54, 1.807) is 0 Å². The Morgan fingerprint density at radius 1 is 1.30 bits per heavy atom. The van der Waals surface area contributed by atoms with Gasteiger partial charge in [0.15, 0.2) is 11.6 Å². The standard InChI is InChI=1S/C12H13FN2O5/c1-20-9-6-7(2-3-8(9)13)14-12(19)15-10(16)4-5-11(17)18/h2-3,6H,4-5H2,1H3,(H,17,18)(H2,14,15,16,19). The number of benzene rings is 1. The first-order chi connectivity index (χ1) is 9.42. The third-order valence-electron chi connectivity index (χ3n) is 2.23. The number of aliphatic carboxylic acids is 1. The summed E-state index contributed by atoms with van der Waals surface area (Å²) in [5.41, 5.74) is 0.229. The predicted octanol–water partition coefficient (Wildman–Crippen LogP) is 1.35. The summed E-state index contributed by atoms with van der Waals surface area (Å²) in [5.74, 6) is -2.50. The van der Waals surface area contributed by atoms with Crippen LogP contribution in [0.3, 0.4) is 0 Å². The second-order valence-corrected chi connectivity index (χ2v) is 3.75. The van der Waals surface area contributed by atoms with E-state index in [-0.39, 0.29) is 24.3 Å². The lowest BCUT2D eigenvalue weighted by Crippen LogP contribution is -2.34. The number of urea groups is 1. The SMILES string of the molecule is COc1cc(NC(=O)NC(=O)CCC(=O)O)ccc1F. The number of imide groups is 1. The Bertz CT molecular complexity index is 533. The number of carboxylic acid groups (broad SMARTS) is 1. The van der Waals surface area contributed by atoms with Gasteiger partial charge in [0, 0.05) is 18.2 Å². The van der Waals surface area contributed by atoms with Crippen LogP contribution >= 0.6 is 0 Å². The zero-order chi connectivity index (χ0) is 15.1. The van der Waals surface area contributed by atoms with Gasteiger partial charge in [-0.3, -0.25) is 14.9 Å². The fraction of sp³-hybridized carbons (Fsp3) is 0.250. The lowest BCUT2D eigenvalue weighted by molar-refractivity contribution is -0.138. The van der Waals surface area contributed by atoms with E-state index in [1.807, 2.05) is 5.32 Å². The molecule has 0 aliphatic carbocycles. The Hall–Kier alpha value is -2.64. The van der Waals surface area contributed by atoms with Crippen LogP contribution in [0.4, 0.5) is 14.9 Å². The lowest BCUT2D eigenvalue weighted by Gasteiger charge is -2.08. The Balaban J connectivity index is 2.54. The van der Waals surface area contributed by atoms with Crippen molar-refractivity contribution in [1.29, 1.82) is 0 Å². The van der Waals surface area contributed by atoms with E-state index in [1.165, 1.54) is 19.2 Å². The highest BCUT2D eigenvalue weighted by Crippen LogP contribution is 2.21. The summed E-state index contributed by atoms with van der Waals surface area (Å²) in [5, 5.41) is 12.6. The number of amides is 3. The van der Waals surface area contributed by atoms with Crippen molar-refractivity contribution in [3.8, 4) is 5.75 Å². The first-order valence-electron chi connectivity index (χ1n) is 5.58. The number of rotatable bonds is 5. The van der Waals surface area contributed by atoms with Crippen LogP contribution in [0.5, 0.6) is 5.75 Å². The normalized spacial score (nSPS) is 9.70. The van der Waals surface area contributed by atoms with Crippen molar-refractivity contribution in [3.05, 3.63) is 24.0 Å². The number of carboxylic acids is 1. The van der Waals surface area contributed by atoms with Crippen LogP contribution in [-0.2, 0) is 9.59 Å². The van der Waals surface area contributed by atoms with Gasteiger partial charge in [-0.15, -0.1) is 0 Å². The molecule has 0 heterocycles. The number of anilines is 1. The van der Waals surface area contributed by atoms with Gasteiger partial charge in [-0.1, -0.05) is 0 Å². The summed E-state index contributed by atoms with van der Waals surface area (Å²) in [7, 11) is 1.28. The number of carbonyl (C=O) groups is 3. The number of nitrogens with one attached hydrogen (secondary N) is 2. The molecule has 0 fully saturated rings. The number of hydrogen-bond donors (Lipinski definition) is 3. The quantitative estimate of drug-likeness (QED) is 0.757. The van der Waals surface area contributed by atoms with E-state index >= 15 is 0 Å². The zero-order valence-electron chi connectivity index (χ0n) is 10.6. The second kappa shape index (κ2) is 7.07. The third-order valence-corrected chi connectivity index (χ3v) is 2.23. The van der Waals surface area contributed by atoms with Gasteiger partial charge in [0.05, 0.1) is 13.5 Å². The van der Waals surface area contributed by atoms with Crippen LogP contribution in [-0.4, -0.2) is 30.1 Å². The molecule has 0 saturated heterocycles. The molecule has 1 rings (SSSR count). The largest absolute Gasteiger partial charge is 0.494 e. The molecule has 0 bridgehead atoms. The van der Waals surface area contributed by atoms with Crippen molar-refractivity contribution in [1.82, 2.24) is 5.32 Å². The zero-order valence-corrected chi connectivity index (χ0v) is 10.6. The van der Waals surface area contributed by atoms with Crippen LogP contribution in [0, 0.1) is 5.82 Å². The molecule has 0 unspecified atom stereocenters. The Morgan fingerprint density at radius 3 is 2.60 bits per heavy atom. The molecule has 0 aliphatic heterocycles. The van der Waals surface area contributed by atoms with E-state index in [0.29, 0.717) is 0 Å². The molecule has 1 aromatic rings. The molecule has 20 heavy (non-hydrogen) atoms. The minimum Gasteiger partial charge on any atom is -0.494 e. The van der Waals surface area contributed by atoms with E-state index in [4.69, 9.17) is 9.84 Å². The minimum atomic E-state index is -1.14. The summed E-state index contributed by atoms with van der Waals surface area (Å²) in [4.78, 5) is 32.9. The Morgan fingerprint density at radius 2 is 2.00 bits per heavy atom. The monoisotopic (exact) mass is 284 g/mol. The minimum absolute atomic E-state index is 0.0556. The van der Waals surface area contributed by atoms with Crippen molar-refractivity contribution in [2.24, 2.45) is 0 Å². The van der Waals surface area contributed by atoms with Crippen LogP contribution in [0.1, 0.15) is 12.8 Å². The van der Waals surface area contributed by atoms with Crippen molar-refractivity contribution in [2.75, 3.05) is 12.4 Å². The maximum absolute atomic E-state index is 13.1. The van der Waals surface area contributed by atoms with Crippen molar-refractivity contribution < 1.29 is 28.6 Å². The Labute approximate surface area is 113 Å². The number of methoxy groups -OCH3 is 1. The van der Waals surface area contributed by atoms with Crippen LogP contribution in [0.25, 0.3) is 0 Å². The second-order valence-electron chi connectivity index (χ2n) is 3.75. The van der Waals surface area contributed by atoms with Gasteiger partial charge in [0.25, 0.3) is 0 Å². The summed E-state index contributed by atoms with van der Waals surface area (Å²) < 4.78 is 17.9. The molecular formula is C12H13FN2O5. The number of hydrogen-bond acceptors (Lipinski definition) is 4. The third kappa shape index (κ3) is 4.92. The van der Waals surface area contributed by atoms with Gasteiger partial charge < -0.3 is 15.2 Å². The molecule has 1 aromatic carbocycles. The number of carbonyl (C=O) groups excluding carboxylic acids is 2. The summed E-state index contributed by atoms with van der Waals surface area (Å²) in [6.07, 6.45) is -0.682. The molecule has 108 valence electrons. The molecule has 0 saturated carbocycles. The highest BCUT2D eigenvalue weighted by Gasteiger charge is 2.11. The fourth-order valence-corrected chi connectivity index (χ4v) is 1.31. The van der Waals surface area contributed by atoms with Gasteiger partial charge in [-0.25, -0.2) is 9.18 Å². The average Bonchev–Trinajstić information content (AvgIpc) is 2.38. The molecule has 0 aromatic heterocycles. The molecular weight excluding hydrogens is 271 g/mol. The molecule has 0 atom stereocenters. The van der Waals surface area contributed by atoms with E-state index in [9.17, 15) is 18.8 Å².